The third-order valence-corrected chi connectivity index (χ3v) is 2.14. The van der Waals surface area contributed by atoms with Crippen LogP contribution in [0.4, 0.5) is 4.79 Å². The fourth-order valence-corrected chi connectivity index (χ4v) is 1.10. The minimum Gasteiger partial charge on any atom is -0.444 e. The van der Waals surface area contributed by atoms with E-state index >= 15 is 0 Å². The van der Waals surface area contributed by atoms with E-state index in [4.69, 9.17) is 11.3 Å². The van der Waals surface area contributed by atoms with Gasteiger partial charge in [-0.25, -0.2) is 11.4 Å². The maximum Gasteiger partial charge on any atom is 0.408 e. The quantitative estimate of drug-likeness (QED) is 0.617. The van der Waals surface area contributed by atoms with Gasteiger partial charge in [0.25, 0.3) is 0 Å². The van der Waals surface area contributed by atoms with E-state index in [0.29, 0.717) is 0 Å². The van der Waals surface area contributed by atoms with Crippen LogP contribution in [0, 0.1) is 6.57 Å². The number of Topliss-reactive ketones (excluding diaryl/α,β-unsaturated/α-hetero) is 1. The molecule has 5 nitrogen and oxygen atoms in total. The standard InChI is InChI=1S/C13H20N2O3/c1-10(16)13(5,8-7-9-14-6)15-11(17)18-12(2,3)4/h7-8H,9H2,1-5H3,(H,15,17)/b8-7+/t13-/m0/s1. The van der Waals surface area contributed by atoms with Crippen LogP contribution >= 0.6 is 0 Å². The van der Waals surface area contributed by atoms with Crippen molar-refractivity contribution in [3.8, 4) is 0 Å². The molecule has 1 amide bonds. The first kappa shape index (κ1) is 16.2. The molecule has 0 unspecified atom stereocenters. The summed E-state index contributed by atoms with van der Waals surface area (Å²) in [4.78, 5) is 26.3. The smallest absolute Gasteiger partial charge is 0.408 e. The van der Waals surface area contributed by atoms with Gasteiger partial charge >= 0.3 is 6.09 Å². The minimum atomic E-state index is -1.15. The van der Waals surface area contributed by atoms with Gasteiger partial charge in [0.1, 0.15) is 11.1 Å². The summed E-state index contributed by atoms with van der Waals surface area (Å²) in [7, 11) is 0. The van der Waals surface area contributed by atoms with Crippen LogP contribution in [0.1, 0.15) is 34.6 Å². The maximum absolute atomic E-state index is 11.6. The molecule has 0 fully saturated rings. The van der Waals surface area contributed by atoms with Crippen molar-refractivity contribution >= 4 is 11.9 Å². The largest absolute Gasteiger partial charge is 0.444 e. The van der Waals surface area contributed by atoms with Gasteiger partial charge in [-0.15, -0.1) is 0 Å². The molecule has 0 aliphatic rings. The molecule has 0 aromatic rings. The van der Waals surface area contributed by atoms with Crippen LogP contribution in [-0.4, -0.2) is 29.6 Å². The second-order valence-corrected chi connectivity index (χ2v) is 5.13. The van der Waals surface area contributed by atoms with E-state index in [1.165, 1.54) is 13.0 Å². The average molecular weight is 252 g/mol. The van der Waals surface area contributed by atoms with Gasteiger partial charge in [0.15, 0.2) is 5.78 Å². The summed E-state index contributed by atoms with van der Waals surface area (Å²) >= 11 is 0. The molecular weight excluding hydrogens is 232 g/mol. The van der Waals surface area contributed by atoms with Crippen LogP contribution in [0.2, 0.25) is 0 Å². The summed E-state index contributed by atoms with van der Waals surface area (Å²) in [5.41, 5.74) is -1.77. The van der Waals surface area contributed by atoms with Crippen molar-refractivity contribution in [3.63, 3.8) is 0 Å². The first-order valence-electron chi connectivity index (χ1n) is 5.64. The SMILES string of the molecule is [C-]#[N+]C/C=C/[C@](C)(NC(=O)OC(C)(C)C)C(C)=O. The van der Waals surface area contributed by atoms with E-state index in [1.54, 1.807) is 33.8 Å². The fraction of sp³-hybridized carbons (Fsp3) is 0.615. The van der Waals surface area contributed by atoms with E-state index in [-0.39, 0.29) is 12.3 Å². The third kappa shape index (κ3) is 6.04. The van der Waals surface area contributed by atoms with Crippen LogP contribution in [0.3, 0.4) is 0 Å². The van der Waals surface area contributed by atoms with Gasteiger partial charge in [0.05, 0.1) is 0 Å². The second kappa shape index (κ2) is 6.20. The number of ether oxygens (including phenoxy) is 1. The topological polar surface area (TPSA) is 59.8 Å². The zero-order valence-corrected chi connectivity index (χ0v) is 11.5. The van der Waals surface area contributed by atoms with Crippen molar-refractivity contribution in [2.75, 3.05) is 6.54 Å². The predicted molar refractivity (Wildman–Crippen MR) is 69.1 cm³/mol. The lowest BCUT2D eigenvalue weighted by atomic mass is 9.97. The van der Waals surface area contributed by atoms with Gasteiger partial charge < -0.3 is 14.9 Å². The highest BCUT2D eigenvalue weighted by molar-refractivity contribution is 5.91. The predicted octanol–water partition coefficient (Wildman–Crippen LogP) is 2.33. The summed E-state index contributed by atoms with van der Waals surface area (Å²) in [6.45, 7) is 15.0. The summed E-state index contributed by atoms with van der Waals surface area (Å²) in [5, 5.41) is 2.51. The highest BCUT2D eigenvalue weighted by Gasteiger charge is 2.30. The van der Waals surface area contributed by atoms with Crippen LogP contribution < -0.4 is 5.32 Å². The first-order valence-corrected chi connectivity index (χ1v) is 5.64. The van der Waals surface area contributed by atoms with Crippen LogP contribution in [0.15, 0.2) is 12.2 Å². The molecule has 100 valence electrons. The van der Waals surface area contributed by atoms with E-state index in [2.05, 4.69) is 10.2 Å². The number of hydrogen-bond acceptors (Lipinski definition) is 3. The van der Waals surface area contributed by atoms with Crippen molar-refractivity contribution in [1.29, 1.82) is 0 Å². The number of amides is 1. The highest BCUT2D eigenvalue weighted by Crippen LogP contribution is 2.12. The monoisotopic (exact) mass is 252 g/mol. The van der Waals surface area contributed by atoms with Crippen LogP contribution in [0.25, 0.3) is 4.85 Å². The van der Waals surface area contributed by atoms with E-state index in [1.807, 2.05) is 0 Å². The molecule has 0 aromatic heterocycles. The molecule has 0 rings (SSSR count). The van der Waals surface area contributed by atoms with E-state index in [0.717, 1.165) is 0 Å². The molecule has 1 N–H and O–H groups in total. The van der Waals surface area contributed by atoms with Gasteiger partial charge in [-0.2, -0.15) is 0 Å². The molecule has 0 spiro atoms. The third-order valence-electron chi connectivity index (χ3n) is 2.14. The second-order valence-electron chi connectivity index (χ2n) is 5.13. The van der Waals surface area contributed by atoms with Gasteiger partial charge in [-0.3, -0.25) is 4.79 Å². The van der Waals surface area contributed by atoms with Crippen molar-refractivity contribution < 1.29 is 14.3 Å². The number of rotatable bonds is 4. The number of ketones is 1. The molecule has 0 aliphatic carbocycles. The highest BCUT2D eigenvalue weighted by atomic mass is 16.6. The maximum atomic E-state index is 11.6. The van der Waals surface area contributed by atoms with E-state index in [9.17, 15) is 9.59 Å². The molecule has 0 heterocycles. The van der Waals surface area contributed by atoms with Crippen molar-refractivity contribution in [2.24, 2.45) is 0 Å². The summed E-state index contributed by atoms with van der Waals surface area (Å²) < 4.78 is 5.09. The lowest BCUT2D eigenvalue weighted by Gasteiger charge is -2.27. The summed E-state index contributed by atoms with van der Waals surface area (Å²) in [5.74, 6) is -0.227. The number of nitrogens with zero attached hydrogens (tertiary/aromatic N) is 1. The number of nitrogens with one attached hydrogen (secondary N) is 1. The minimum absolute atomic E-state index is 0.166. The van der Waals surface area contributed by atoms with Gasteiger partial charge in [-0.1, -0.05) is 0 Å². The Bertz CT molecular complexity index is 388. The van der Waals surface area contributed by atoms with Crippen LogP contribution in [0.5, 0.6) is 0 Å². The number of carbonyl (C=O) groups is 2. The lowest BCUT2D eigenvalue weighted by Crippen LogP contribution is -2.51. The number of hydrogen-bond donors (Lipinski definition) is 1. The van der Waals surface area contributed by atoms with E-state index < -0.39 is 17.2 Å². The van der Waals surface area contributed by atoms with Crippen molar-refractivity contribution in [1.82, 2.24) is 5.32 Å². The molecule has 0 aliphatic heterocycles. The first-order chi connectivity index (χ1) is 8.10. The lowest BCUT2D eigenvalue weighted by molar-refractivity contribution is -0.121. The Morgan fingerprint density at radius 2 is 1.89 bits per heavy atom. The zero-order chi connectivity index (χ0) is 14.4. The van der Waals surface area contributed by atoms with Crippen LogP contribution in [-0.2, 0) is 9.53 Å². The Balaban J connectivity index is 4.78. The molecule has 0 radical (unpaired) electrons. The number of alkyl carbamates (subject to hydrolysis) is 1. The molecular formula is C13H20N2O3. The fourth-order valence-electron chi connectivity index (χ4n) is 1.10. The van der Waals surface area contributed by atoms with Crippen molar-refractivity contribution in [2.45, 2.75) is 45.8 Å². The Labute approximate surface area is 108 Å². The van der Waals surface area contributed by atoms with Gasteiger partial charge in [0, 0.05) is 0 Å². The normalized spacial score (nSPS) is 14.7. The average Bonchev–Trinajstić information content (AvgIpc) is 2.14. The molecule has 1 atom stereocenters. The number of carbonyl (C=O) groups excluding carboxylic acids is 2. The molecule has 0 saturated carbocycles. The Morgan fingerprint density at radius 1 is 1.33 bits per heavy atom. The van der Waals surface area contributed by atoms with Crippen molar-refractivity contribution in [3.05, 3.63) is 23.6 Å². The summed E-state index contributed by atoms with van der Waals surface area (Å²) in [6, 6.07) is 0. The molecule has 0 saturated heterocycles. The zero-order valence-electron chi connectivity index (χ0n) is 11.5. The molecule has 18 heavy (non-hydrogen) atoms. The molecule has 5 heteroatoms. The summed E-state index contributed by atoms with van der Waals surface area (Å²) in [6.07, 6.45) is 2.40. The van der Waals surface area contributed by atoms with Gasteiger partial charge in [-0.05, 0) is 46.8 Å². The Morgan fingerprint density at radius 3 is 2.28 bits per heavy atom. The Kier molecular flexibility index (Phi) is 5.57. The van der Waals surface area contributed by atoms with Gasteiger partial charge in [0.2, 0.25) is 6.54 Å². The molecule has 0 bridgehead atoms. The molecule has 0 aromatic carbocycles. The Hall–Kier alpha value is -1.83.